The van der Waals surface area contributed by atoms with Gasteiger partial charge in [0.2, 0.25) is 0 Å². The number of halogens is 5. The maximum atomic E-state index is 14.4. The lowest BCUT2D eigenvalue weighted by Crippen LogP contribution is -2.39. The standard InChI is InChI=1S/C31H29ClF4N2O6/c1-3-42-30(40)19-10-23(11-19)43-24-14-21(13-22(15-24)41-2)37-28(17-4-6-20(32)7-5-17)29(39)38-9-8-18-12-25(33)27(16-26(18)38)44-31(34,35)36/h4-7,12-16,19,23,28,37H,3,8-11H2,1-2H3/t19-,23+,28?. The number of ether oxygens (including phenoxy) is 4. The molecule has 3 aromatic carbocycles. The van der Waals surface area contributed by atoms with Crippen LogP contribution < -0.4 is 24.4 Å². The molecule has 1 saturated carbocycles. The second kappa shape index (κ2) is 12.8. The third-order valence-electron chi connectivity index (χ3n) is 7.41. The molecule has 0 aromatic heterocycles. The quantitative estimate of drug-likeness (QED) is 0.192. The molecule has 0 radical (unpaired) electrons. The lowest BCUT2D eigenvalue weighted by Gasteiger charge is -2.33. The number of carbonyl (C=O) groups excluding carboxylic acids is 2. The highest BCUT2D eigenvalue weighted by Crippen LogP contribution is 2.39. The van der Waals surface area contributed by atoms with E-state index >= 15 is 0 Å². The van der Waals surface area contributed by atoms with E-state index in [9.17, 15) is 27.2 Å². The summed E-state index contributed by atoms with van der Waals surface area (Å²) >= 11 is 6.09. The van der Waals surface area contributed by atoms with Crippen molar-refractivity contribution in [3.8, 4) is 17.2 Å². The Kier molecular flexibility index (Phi) is 9.10. The minimum atomic E-state index is -5.11. The zero-order chi connectivity index (χ0) is 31.6. The summed E-state index contributed by atoms with van der Waals surface area (Å²) < 4.78 is 73.6. The molecule has 1 unspecified atom stereocenters. The Morgan fingerprint density at radius 2 is 1.77 bits per heavy atom. The van der Waals surface area contributed by atoms with Gasteiger partial charge in [-0.1, -0.05) is 23.7 Å². The van der Waals surface area contributed by atoms with E-state index in [4.69, 9.17) is 25.8 Å². The molecule has 3 aromatic rings. The summed E-state index contributed by atoms with van der Waals surface area (Å²) in [6.45, 7) is 2.17. The van der Waals surface area contributed by atoms with Crippen molar-refractivity contribution in [2.75, 3.05) is 30.5 Å². The SMILES string of the molecule is CCOC(=O)[C@H]1C[C@@H](Oc2cc(NC(C(=O)N3CCc4cc(F)c(OC(F)(F)F)cc43)c3ccc(Cl)cc3)cc(OC)c2)C1. The summed E-state index contributed by atoms with van der Waals surface area (Å²) in [7, 11) is 1.48. The van der Waals surface area contributed by atoms with Crippen LogP contribution in [0, 0.1) is 11.7 Å². The summed E-state index contributed by atoms with van der Waals surface area (Å²) in [5.41, 5.74) is 1.46. The van der Waals surface area contributed by atoms with Crippen LogP contribution in [-0.4, -0.2) is 44.6 Å². The van der Waals surface area contributed by atoms with E-state index in [1.165, 1.54) is 12.0 Å². The van der Waals surface area contributed by atoms with Gasteiger partial charge >= 0.3 is 12.3 Å². The average molecular weight is 637 g/mol. The number of esters is 1. The largest absolute Gasteiger partial charge is 0.573 e. The lowest BCUT2D eigenvalue weighted by molar-refractivity contribution is -0.275. The molecular weight excluding hydrogens is 608 g/mol. The normalized spacial score (nSPS) is 18.1. The van der Waals surface area contributed by atoms with Crippen molar-refractivity contribution in [3.05, 3.63) is 76.6 Å². The number of anilines is 2. The molecule has 234 valence electrons. The summed E-state index contributed by atoms with van der Waals surface area (Å²) in [4.78, 5) is 27.3. The number of fused-ring (bicyclic) bond motifs is 1. The van der Waals surface area contributed by atoms with Gasteiger partial charge in [0.1, 0.15) is 23.6 Å². The molecule has 1 aliphatic heterocycles. The third kappa shape index (κ3) is 7.12. The molecule has 1 aliphatic carbocycles. The first-order valence-corrected chi connectivity index (χ1v) is 14.3. The predicted octanol–water partition coefficient (Wildman–Crippen LogP) is 6.85. The van der Waals surface area contributed by atoms with Crippen molar-refractivity contribution in [3.63, 3.8) is 0 Å². The fourth-order valence-electron chi connectivity index (χ4n) is 5.23. The Hall–Kier alpha value is -4.19. The van der Waals surface area contributed by atoms with Crippen molar-refractivity contribution in [2.45, 2.75) is 44.7 Å². The molecule has 1 fully saturated rings. The van der Waals surface area contributed by atoms with Crippen molar-refractivity contribution in [1.82, 2.24) is 0 Å². The number of hydrogen-bond donors (Lipinski definition) is 1. The van der Waals surface area contributed by atoms with E-state index in [2.05, 4.69) is 10.1 Å². The Bertz CT molecular complexity index is 1530. The summed E-state index contributed by atoms with van der Waals surface area (Å²) in [5, 5.41) is 3.64. The zero-order valence-electron chi connectivity index (χ0n) is 23.8. The van der Waals surface area contributed by atoms with Crippen LogP contribution in [0.15, 0.2) is 54.6 Å². The van der Waals surface area contributed by atoms with E-state index in [-0.39, 0.29) is 36.6 Å². The topological polar surface area (TPSA) is 86.3 Å². The van der Waals surface area contributed by atoms with Crippen LogP contribution in [0.2, 0.25) is 5.02 Å². The first kappa shape index (κ1) is 31.2. The van der Waals surface area contributed by atoms with Crippen molar-refractivity contribution >= 4 is 34.9 Å². The number of amides is 1. The van der Waals surface area contributed by atoms with E-state index in [0.29, 0.717) is 52.8 Å². The van der Waals surface area contributed by atoms with Crippen LogP contribution in [0.3, 0.4) is 0 Å². The highest BCUT2D eigenvalue weighted by atomic mass is 35.5. The fourth-order valence-corrected chi connectivity index (χ4v) is 5.36. The maximum absolute atomic E-state index is 14.4. The monoisotopic (exact) mass is 636 g/mol. The number of carbonyl (C=O) groups is 2. The molecule has 1 heterocycles. The minimum absolute atomic E-state index is 0.116. The minimum Gasteiger partial charge on any atom is -0.497 e. The van der Waals surface area contributed by atoms with Crippen LogP contribution in [0.1, 0.15) is 36.9 Å². The second-order valence-electron chi connectivity index (χ2n) is 10.4. The van der Waals surface area contributed by atoms with Crippen molar-refractivity contribution in [2.24, 2.45) is 5.92 Å². The van der Waals surface area contributed by atoms with Crippen molar-refractivity contribution in [1.29, 1.82) is 0 Å². The number of hydrogen-bond acceptors (Lipinski definition) is 7. The van der Waals surface area contributed by atoms with Gasteiger partial charge in [0.25, 0.3) is 5.91 Å². The predicted molar refractivity (Wildman–Crippen MR) is 154 cm³/mol. The van der Waals surface area contributed by atoms with E-state index < -0.39 is 29.9 Å². The highest BCUT2D eigenvalue weighted by molar-refractivity contribution is 6.30. The van der Waals surface area contributed by atoms with Crippen molar-refractivity contribution < 1.29 is 46.1 Å². The molecule has 1 N–H and O–H groups in total. The van der Waals surface area contributed by atoms with E-state index in [1.54, 1.807) is 49.4 Å². The first-order valence-electron chi connectivity index (χ1n) is 13.9. The number of alkyl halides is 3. The molecule has 2 aliphatic rings. The van der Waals surface area contributed by atoms with Crippen LogP contribution in [0.5, 0.6) is 17.2 Å². The Labute approximate surface area is 255 Å². The molecule has 0 bridgehead atoms. The van der Waals surface area contributed by atoms with E-state index in [0.717, 1.165) is 12.1 Å². The smallest absolute Gasteiger partial charge is 0.497 e. The molecule has 1 atom stereocenters. The first-order chi connectivity index (χ1) is 20.9. The van der Waals surface area contributed by atoms with Gasteiger partial charge in [-0.3, -0.25) is 9.59 Å². The molecule has 1 amide bonds. The molecule has 0 spiro atoms. The van der Waals surface area contributed by atoms with Crippen LogP contribution in [0.25, 0.3) is 0 Å². The average Bonchev–Trinajstić information content (AvgIpc) is 3.35. The van der Waals surface area contributed by atoms with Gasteiger partial charge in [-0.15, -0.1) is 13.2 Å². The van der Waals surface area contributed by atoms with Crippen LogP contribution in [-0.2, 0) is 20.7 Å². The van der Waals surface area contributed by atoms with Gasteiger partial charge < -0.3 is 29.2 Å². The van der Waals surface area contributed by atoms with Gasteiger partial charge in [0.15, 0.2) is 11.6 Å². The molecule has 5 rings (SSSR count). The van der Waals surface area contributed by atoms with E-state index in [1.807, 2.05) is 0 Å². The Morgan fingerprint density at radius 1 is 1.07 bits per heavy atom. The van der Waals surface area contributed by atoms with Gasteiger partial charge in [-0.05, 0) is 55.5 Å². The Balaban J connectivity index is 1.41. The molecular formula is C31H29ClF4N2O6. The zero-order valence-corrected chi connectivity index (χ0v) is 24.5. The number of methoxy groups -OCH3 is 1. The van der Waals surface area contributed by atoms with Gasteiger partial charge in [0.05, 0.1) is 25.3 Å². The molecule has 8 nitrogen and oxygen atoms in total. The number of nitrogens with one attached hydrogen (secondary N) is 1. The fraction of sp³-hybridized carbons (Fsp3) is 0.355. The highest BCUT2D eigenvalue weighted by Gasteiger charge is 2.38. The number of rotatable bonds is 10. The van der Waals surface area contributed by atoms with Gasteiger partial charge in [-0.25, -0.2) is 4.39 Å². The maximum Gasteiger partial charge on any atom is 0.573 e. The Morgan fingerprint density at radius 3 is 2.43 bits per heavy atom. The second-order valence-corrected chi connectivity index (χ2v) is 10.8. The number of benzene rings is 3. The van der Waals surface area contributed by atoms with Crippen LogP contribution in [0.4, 0.5) is 28.9 Å². The molecule has 0 saturated heterocycles. The van der Waals surface area contributed by atoms with Crippen LogP contribution >= 0.6 is 11.6 Å². The summed E-state index contributed by atoms with van der Waals surface area (Å²) in [6.07, 6.45) is -4.09. The summed E-state index contributed by atoms with van der Waals surface area (Å²) in [5.74, 6) is -2.31. The third-order valence-corrected chi connectivity index (χ3v) is 7.67. The lowest BCUT2D eigenvalue weighted by atomic mass is 9.82. The number of nitrogens with zero attached hydrogens (tertiary/aromatic N) is 1. The molecule has 44 heavy (non-hydrogen) atoms. The van der Waals surface area contributed by atoms with Gasteiger partial charge in [-0.2, -0.15) is 0 Å². The summed E-state index contributed by atoms with van der Waals surface area (Å²) in [6, 6.07) is 12.3. The molecule has 13 heteroatoms. The van der Waals surface area contributed by atoms with Gasteiger partial charge in [0, 0.05) is 41.5 Å².